The van der Waals surface area contributed by atoms with Crippen molar-refractivity contribution < 1.29 is 14.4 Å². The minimum Gasteiger partial charge on any atom is -0.348 e. The van der Waals surface area contributed by atoms with Crippen molar-refractivity contribution in [3.63, 3.8) is 0 Å². The van der Waals surface area contributed by atoms with Crippen molar-refractivity contribution in [3.8, 4) is 0 Å². The van der Waals surface area contributed by atoms with Crippen molar-refractivity contribution in [3.05, 3.63) is 83.2 Å². The van der Waals surface area contributed by atoms with Crippen LogP contribution >= 0.6 is 0 Å². The van der Waals surface area contributed by atoms with Gasteiger partial charge in [-0.2, -0.15) is 5.10 Å². The van der Waals surface area contributed by atoms with Crippen LogP contribution < -0.4 is 10.2 Å². The molecule has 1 aromatic heterocycles. The molecule has 0 unspecified atom stereocenters. The largest absolute Gasteiger partial charge is 0.348 e. The highest BCUT2D eigenvalue weighted by Crippen LogP contribution is 2.28. The molecule has 3 amide bonds. The van der Waals surface area contributed by atoms with Crippen molar-refractivity contribution in [2.24, 2.45) is 7.05 Å². The maximum absolute atomic E-state index is 12.6. The number of hydrogen-bond donors (Lipinski definition) is 1. The maximum Gasteiger partial charge on any atom is 0.266 e. The lowest BCUT2D eigenvalue weighted by Crippen LogP contribution is -2.30. The number of hydrogen-bond acceptors (Lipinski definition) is 4. The molecule has 134 valence electrons. The van der Waals surface area contributed by atoms with Gasteiger partial charge in [0.2, 0.25) is 0 Å². The highest BCUT2D eigenvalue weighted by Gasteiger charge is 2.36. The lowest BCUT2D eigenvalue weighted by atomic mass is 10.1. The summed E-state index contributed by atoms with van der Waals surface area (Å²) >= 11 is 0. The Morgan fingerprint density at radius 1 is 1.04 bits per heavy atom. The first-order valence-corrected chi connectivity index (χ1v) is 8.38. The Labute approximate surface area is 155 Å². The number of nitrogens with zero attached hydrogens (tertiary/aromatic N) is 3. The summed E-state index contributed by atoms with van der Waals surface area (Å²) in [5.41, 5.74) is 2.35. The standard InChI is InChI=1S/C20H16N4O3/c1-23-12-13(11-22-23)10-21-18(25)14-5-4-6-15(9-14)24-19(26)16-7-2-3-8-17(16)20(24)27/h2-9,11-12H,10H2,1H3,(H,21,25). The summed E-state index contributed by atoms with van der Waals surface area (Å²) in [6.07, 6.45) is 3.49. The summed E-state index contributed by atoms with van der Waals surface area (Å²) < 4.78 is 1.66. The molecule has 1 aliphatic rings. The monoisotopic (exact) mass is 360 g/mol. The van der Waals surface area contributed by atoms with E-state index in [1.54, 1.807) is 66.5 Å². The predicted octanol–water partition coefficient (Wildman–Crippen LogP) is 2.15. The normalized spacial score (nSPS) is 13.0. The number of imide groups is 1. The average molecular weight is 360 g/mol. The first-order chi connectivity index (χ1) is 13.0. The van der Waals surface area contributed by atoms with E-state index in [2.05, 4.69) is 10.4 Å². The predicted molar refractivity (Wildman–Crippen MR) is 98.4 cm³/mol. The molecule has 1 N–H and O–H groups in total. The molecule has 0 spiro atoms. The van der Waals surface area contributed by atoms with Gasteiger partial charge in [0, 0.05) is 30.9 Å². The summed E-state index contributed by atoms with van der Waals surface area (Å²) in [5.74, 6) is -1.07. The first kappa shape index (κ1) is 16.7. The lowest BCUT2D eigenvalue weighted by molar-refractivity contribution is 0.0919. The molecule has 2 aromatic carbocycles. The number of amides is 3. The SMILES string of the molecule is Cn1cc(CNC(=O)c2cccc(N3C(=O)c4ccccc4C3=O)c2)cn1. The number of aromatic nitrogens is 2. The van der Waals surface area contributed by atoms with Crippen LogP contribution in [0.3, 0.4) is 0 Å². The van der Waals surface area contributed by atoms with Gasteiger partial charge in [0.1, 0.15) is 0 Å². The second kappa shape index (κ2) is 6.53. The number of benzene rings is 2. The van der Waals surface area contributed by atoms with Gasteiger partial charge in [-0.05, 0) is 30.3 Å². The van der Waals surface area contributed by atoms with Crippen LogP contribution in [0.5, 0.6) is 0 Å². The maximum atomic E-state index is 12.6. The molecule has 7 heteroatoms. The van der Waals surface area contributed by atoms with E-state index < -0.39 is 0 Å². The first-order valence-electron chi connectivity index (χ1n) is 8.38. The number of carbonyl (C=O) groups excluding carboxylic acids is 3. The van der Waals surface area contributed by atoms with Gasteiger partial charge < -0.3 is 5.32 Å². The topological polar surface area (TPSA) is 84.3 Å². The van der Waals surface area contributed by atoms with Gasteiger partial charge in [-0.25, -0.2) is 4.90 Å². The molecular weight excluding hydrogens is 344 g/mol. The Balaban J connectivity index is 1.55. The fraction of sp³-hybridized carbons (Fsp3) is 0.100. The average Bonchev–Trinajstić information content (AvgIpc) is 3.21. The molecule has 0 radical (unpaired) electrons. The summed E-state index contributed by atoms with van der Waals surface area (Å²) in [7, 11) is 1.80. The molecule has 0 saturated heterocycles. The highest BCUT2D eigenvalue weighted by molar-refractivity contribution is 6.34. The zero-order chi connectivity index (χ0) is 19.0. The fourth-order valence-electron chi connectivity index (χ4n) is 3.06. The Morgan fingerprint density at radius 2 is 1.74 bits per heavy atom. The van der Waals surface area contributed by atoms with Gasteiger partial charge in [-0.1, -0.05) is 18.2 Å². The Morgan fingerprint density at radius 3 is 2.37 bits per heavy atom. The minimum atomic E-state index is -0.386. The van der Waals surface area contributed by atoms with Gasteiger partial charge in [0.25, 0.3) is 17.7 Å². The van der Waals surface area contributed by atoms with Gasteiger partial charge in [0.15, 0.2) is 0 Å². The van der Waals surface area contributed by atoms with Crippen molar-refractivity contribution >= 4 is 23.4 Å². The van der Waals surface area contributed by atoms with Crippen LogP contribution in [0.25, 0.3) is 0 Å². The van der Waals surface area contributed by atoms with Crippen molar-refractivity contribution in [2.75, 3.05) is 4.90 Å². The second-order valence-corrected chi connectivity index (χ2v) is 6.25. The smallest absolute Gasteiger partial charge is 0.266 e. The van der Waals surface area contributed by atoms with Crippen LogP contribution in [0, 0.1) is 0 Å². The molecule has 0 fully saturated rings. The summed E-state index contributed by atoms with van der Waals surface area (Å²) in [6, 6.07) is 13.2. The van der Waals surface area contributed by atoms with Crippen LogP contribution in [0.15, 0.2) is 60.9 Å². The zero-order valence-electron chi connectivity index (χ0n) is 14.5. The third kappa shape index (κ3) is 2.99. The fourth-order valence-corrected chi connectivity index (χ4v) is 3.06. The van der Waals surface area contributed by atoms with Crippen molar-refractivity contribution in [1.29, 1.82) is 0 Å². The van der Waals surface area contributed by atoms with Gasteiger partial charge in [-0.15, -0.1) is 0 Å². The second-order valence-electron chi connectivity index (χ2n) is 6.25. The molecule has 27 heavy (non-hydrogen) atoms. The molecule has 2 heterocycles. The van der Waals surface area contributed by atoms with E-state index in [0.29, 0.717) is 28.9 Å². The minimum absolute atomic E-state index is 0.294. The quantitative estimate of drug-likeness (QED) is 0.723. The number of carbonyl (C=O) groups is 3. The Hall–Kier alpha value is -3.74. The number of nitrogens with one attached hydrogen (secondary N) is 1. The summed E-state index contributed by atoms with van der Waals surface area (Å²) in [4.78, 5) is 38.7. The molecule has 0 saturated carbocycles. The lowest BCUT2D eigenvalue weighted by Gasteiger charge is -2.15. The molecular formula is C20H16N4O3. The van der Waals surface area contributed by atoms with Crippen LogP contribution in [0.4, 0.5) is 5.69 Å². The van der Waals surface area contributed by atoms with Gasteiger partial charge >= 0.3 is 0 Å². The summed E-state index contributed by atoms with van der Waals surface area (Å²) in [6.45, 7) is 0.337. The van der Waals surface area contributed by atoms with Gasteiger partial charge in [0.05, 0.1) is 23.0 Å². The van der Waals surface area contributed by atoms with E-state index in [1.165, 1.54) is 0 Å². The number of aryl methyl sites for hydroxylation is 1. The molecule has 0 aliphatic carbocycles. The number of fused-ring (bicyclic) bond motifs is 1. The van der Waals surface area contributed by atoms with Crippen LogP contribution in [0.2, 0.25) is 0 Å². The van der Waals surface area contributed by atoms with Crippen molar-refractivity contribution in [2.45, 2.75) is 6.54 Å². The van der Waals surface area contributed by atoms with E-state index >= 15 is 0 Å². The molecule has 3 aromatic rings. The number of anilines is 1. The van der Waals surface area contributed by atoms with E-state index in [1.807, 2.05) is 6.20 Å². The van der Waals surface area contributed by atoms with E-state index in [4.69, 9.17) is 0 Å². The van der Waals surface area contributed by atoms with Crippen LogP contribution in [-0.2, 0) is 13.6 Å². The Kier molecular flexibility index (Phi) is 4.04. The third-order valence-corrected chi connectivity index (χ3v) is 4.37. The number of rotatable bonds is 4. The van der Waals surface area contributed by atoms with E-state index in [-0.39, 0.29) is 17.7 Å². The summed E-state index contributed by atoms with van der Waals surface area (Å²) in [5, 5.41) is 6.86. The van der Waals surface area contributed by atoms with Crippen LogP contribution in [0.1, 0.15) is 36.6 Å². The zero-order valence-corrected chi connectivity index (χ0v) is 14.5. The van der Waals surface area contributed by atoms with E-state index in [9.17, 15) is 14.4 Å². The van der Waals surface area contributed by atoms with Gasteiger partial charge in [-0.3, -0.25) is 19.1 Å². The molecule has 4 rings (SSSR count). The van der Waals surface area contributed by atoms with Crippen LogP contribution in [-0.4, -0.2) is 27.5 Å². The Bertz CT molecular complexity index is 1040. The van der Waals surface area contributed by atoms with Crippen molar-refractivity contribution in [1.82, 2.24) is 15.1 Å². The molecule has 7 nitrogen and oxygen atoms in total. The molecule has 0 atom stereocenters. The van der Waals surface area contributed by atoms with E-state index in [0.717, 1.165) is 10.5 Å². The molecule has 0 bridgehead atoms. The third-order valence-electron chi connectivity index (χ3n) is 4.37. The highest BCUT2D eigenvalue weighted by atomic mass is 16.2. The molecule has 1 aliphatic heterocycles.